The topological polar surface area (TPSA) is 105 Å². The second-order valence-electron chi connectivity index (χ2n) is 7.37. The fourth-order valence-corrected chi connectivity index (χ4v) is 3.56. The number of aryl methyl sites for hydroxylation is 1. The van der Waals surface area contributed by atoms with Crippen LogP contribution >= 0.6 is 0 Å². The largest absolute Gasteiger partial charge is 0.369 e. The fourth-order valence-electron chi connectivity index (χ4n) is 3.56. The zero-order valence-corrected chi connectivity index (χ0v) is 15.5. The molecule has 0 spiro atoms. The van der Waals surface area contributed by atoms with Crippen LogP contribution in [0.5, 0.6) is 0 Å². The molecule has 4 aromatic rings. The monoisotopic (exact) mass is 401 g/mol. The molecule has 3 aromatic heterocycles. The van der Waals surface area contributed by atoms with Crippen molar-refractivity contribution in [2.45, 2.75) is 25.9 Å². The van der Waals surface area contributed by atoms with Crippen molar-refractivity contribution in [1.82, 2.24) is 28.3 Å². The molecule has 3 heterocycles. The summed E-state index contributed by atoms with van der Waals surface area (Å²) in [6.45, 7) is 0.314. The summed E-state index contributed by atoms with van der Waals surface area (Å²) in [5, 5.41) is 4.38. The van der Waals surface area contributed by atoms with Gasteiger partial charge in [0.15, 0.2) is 11.3 Å². The lowest BCUT2D eigenvalue weighted by Crippen LogP contribution is -2.24. The molecule has 0 bridgehead atoms. The normalized spacial score (nSPS) is 14.3. The fraction of sp³-hybridized carbons (Fsp3) is 0.333. The summed E-state index contributed by atoms with van der Waals surface area (Å²) in [7, 11) is 1.52. The molecule has 0 amide bonds. The van der Waals surface area contributed by atoms with Gasteiger partial charge in [-0.1, -0.05) is 6.07 Å². The van der Waals surface area contributed by atoms with Gasteiger partial charge in [0.1, 0.15) is 17.2 Å². The van der Waals surface area contributed by atoms with Gasteiger partial charge in [-0.05, 0) is 24.8 Å². The average molecular weight is 401 g/mol. The molecule has 11 heteroatoms. The van der Waals surface area contributed by atoms with E-state index in [0.29, 0.717) is 18.0 Å². The lowest BCUT2D eigenvalue weighted by molar-refractivity contribution is 0.545. The Morgan fingerprint density at radius 2 is 1.93 bits per heavy atom. The van der Waals surface area contributed by atoms with Crippen LogP contribution in [0.4, 0.5) is 14.7 Å². The minimum Gasteiger partial charge on any atom is -0.369 e. The standard InChI is InChI=1S/C18H17F2N7O2/c1-24-13-14(25(17(24)28)8-10-4-5-11(19)6-12(10)20)22-16(21)27-15(13)23-26(18(27)29)7-9-2-3-9/h4-6,9H,2-3,7-8H2,1H3,(H2,21,22). The quantitative estimate of drug-likeness (QED) is 0.546. The van der Waals surface area contributed by atoms with E-state index >= 15 is 0 Å². The molecule has 2 N–H and O–H groups in total. The van der Waals surface area contributed by atoms with Crippen LogP contribution in [-0.2, 0) is 20.1 Å². The molecule has 0 saturated heterocycles. The third kappa shape index (κ3) is 2.64. The van der Waals surface area contributed by atoms with Crippen molar-refractivity contribution < 1.29 is 8.78 Å². The summed E-state index contributed by atoms with van der Waals surface area (Å²) in [6.07, 6.45) is 2.09. The summed E-state index contributed by atoms with van der Waals surface area (Å²) in [4.78, 5) is 29.8. The van der Waals surface area contributed by atoms with Gasteiger partial charge in [-0.2, -0.15) is 4.98 Å². The van der Waals surface area contributed by atoms with E-state index in [2.05, 4.69) is 10.1 Å². The van der Waals surface area contributed by atoms with E-state index in [1.165, 1.54) is 31.3 Å². The minimum absolute atomic E-state index is 0.113. The molecular weight excluding hydrogens is 384 g/mol. The predicted octanol–water partition coefficient (Wildman–Crippen LogP) is 0.863. The molecule has 9 nitrogen and oxygen atoms in total. The maximum Gasteiger partial charge on any atom is 0.353 e. The second kappa shape index (κ2) is 6.00. The molecule has 150 valence electrons. The number of halogens is 2. The van der Waals surface area contributed by atoms with Crippen molar-refractivity contribution in [1.29, 1.82) is 0 Å². The molecule has 1 aliphatic rings. The van der Waals surface area contributed by atoms with Crippen LogP contribution < -0.4 is 17.1 Å². The van der Waals surface area contributed by atoms with E-state index < -0.39 is 23.0 Å². The molecule has 0 radical (unpaired) electrons. The number of anilines is 1. The third-order valence-corrected chi connectivity index (χ3v) is 5.29. The Labute approximate surface area is 161 Å². The van der Waals surface area contributed by atoms with Crippen LogP contribution in [0.2, 0.25) is 0 Å². The Balaban J connectivity index is 1.75. The zero-order valence-electron chi connectivity index (χ0n) is 15.5. The van der Waals surface area contributed by atoms with Crippen LogP contribution in [0.3, 0.4) is 0 Å². The van der Waals surface area contributed by atoms with Crippen LogP contribution in [0.25, 0.3) is 16.8 Å². The van der Waals surface area contributed by atoms with Gasteiger partial charge in [0.25, 0.3) is 0 Å². The molecule has 1 saturated carbocycles. The lowest BCUT2D eigenvalue weighted by atomic mass is 10.2. The highest BCUT2D eigenvalue weighted by Crippen LogP contribution is 2.30. The number of benzene rings is 1. The van der Waals surface area contributed by atoms with E-state index in [0.717, 1.165) is 25.0 Å². The van der Waals surface area contributed by atoms with Crippen molar-refractivity contribution in [2.75, 3.05) is 5.73 Å². The number of rotatable bonds is 4. The number of hydrogen-bond donors (Lipinski definition) is 1. The maximum atomic E-state index is 14.1. The summed E-state index contributed by atoms with van der Waals surface area (Å²) >= 11 is 0. The first kappa shape index (κ1) is 17.6. The van der Waals surface area contributed by atoms with E-state index in [4.69, 9.17) is 5.73 Å². The molecule has 5 rings (SSSR count). The van der Waals surface area contributed by atoms with Crippen LogP contribution in [0.15, 0.2) is 27.8 Å². The summed E-state index contributed by atoms with van der Waals surface area (Å²) < 4.78 is 32.4. The Hall–Kier alpha value is -3.50. The SMILES string of the molecule is Cn1c(=O)n(Cc2ccc(F)cc2F)c2nc(N)n3c(=O)n(CC4CC4)nc3c21. The van der Waals surface area contributed by atoms with E-state index in [9.17, 15) is 18.4 Å². The highest BCUT2D eigenvalue weighted by atomic mass is 19.1. The Morgan fingerprint density at radius 3 is 2.62 bits per heavy atom. The van der Waals surface area contributed by atoms with Gasteiger partial charge < -0.3 is 5.73 Å². The van der Waals surface area contributed by atoms with Crippen molar-refractivity contribution in [3.63, 3.8) is 0 Å². The molecule has 0 unspecified atom stereocenters. The van der Waals surface area contributed by atoms with Crippen LogP contribution in [0.1, 0.15) is 18.4 Å². The van der Waals surface area contributed by atoms with Gasteiger partial charge in [-0.15, -0.1) is 5.10 Å². The molecule has 1 aliphatic carbocycles. The number of fused-ring (bicyclic) bond motifs is 3. The highest BCUT2D eigenvalue weighted by Gasteiger charge is 2.26. The molecule has 29 heavy (non-hydrogen) atoms. The van der Waals surface area contributed by atoms with E-state index in [1.54, 1.807) is 0 Å². The number of nitrogens with zero attached hydrogens (tertiary/aromatic N) is 6. The molecule has 1 fully saturated rings. The first-order chi connectivity index (χ1) is 13.8. The number of aromatic nitrogens is 6. The predicted molar refractivity (Wildman–Crippen MR) is 101 cm³/mol. The maximum absolute atomic E-state index is 14.1. The summed E-state index contributed by atoms with van der Waals surface area (Å²) in [6, 6.07) is 3.14. The summed E-state index contributed by atoms with van der Waals surface area (Å²) in [5.41, 5.74) is 5.95. The number of nitrogens with two attached hydrogens (primary N) is 1. The molecular formula is C18H17F2N7O2. The Bertz CT molecular complexity index is 1410. The van der Waals surface area contributed by atoms with Crippen molar-refractivity contribution in [2.24, 2.45) is 13.0 Å². The van der Waals surface area contributed by atoms with Gasteiger partial charge >= 0.3 is 11.4 Å². The van der Waals surface area contributed by atoms with Gasteiger partial charge in [-0.3, -0.25) is 9.13 Å². The van der Waals surface area contributed by atoms with Crippen molar-refractivity contribution >= 4 is 22.8 Å². The van der Waals surface area contributed by atoms with Gasteiger partial charge in [0.2, 0.25) is 5.95 Å². The average Bonchev–Trinajstić information content (AvgIpc) is 3.38. The number of nitrogen functional groups attached to an aromatic ring is 1. The Kier molecular flexibility index (Phi) is 3.64. The van der Waals surface area contributed by atoms with E-state index in [1.807, 2.05) is 0 Å². The summed E-state index contributed by atoms with van der Waals surface area (Å²) in [5.74, 6) is -1.18. The first-order valence-electron chi connectivity index (χ1n) is 9.13. The number of hydrogen-bond acceptors (Lipinski definition) is 5. The smallest absolute Gasteiger partial charge is 0.353 e. The Morgan fingerprint density at radius 1 is 1.17 bits per heavy atom. The van der Waals surface area contributed by atoms with Gasteiger partial charge in [0, 0.05) is 25.2 Å². The van der Waals surface area contributed by atoms with E-state index in [-0.39, 0.29) is 29.4 Å². The van der Waals surface area contributed by atoms with Crippen LogP contribution in [0, 0.1) is 17.6 Å². The number of imidazole rings is 1. The first-order valence-corrected chi connectivity index (χ1v) is 9.13. The lowest BCUT2D eigenvalue weighted by Gasteiger charge is -2.05. The van der Waals surface area contributed by atoms with Crippen LogP contribution in [-0.4, -0.2) is 28.3 Å². The molecule has 0 atom stereocenters. The van der Waals surface area contributed by atoms with Crippen molar-refractivity contribution in [3.05, 3.63) is 56.4 Å². The minimum atomic E-state index is -0.770. The van der Waals surface area contributed by atoms with Crippen molar-refractivity contribution in [3.8, 4) is 0 Å². The molecule has 0 aliphatic heterocycles. The third-order valence-electron chi connectivity index (χ3n) is 5.29. The second-order valence-corrected chi connectivity index (χ2v) is 7.37. The van der Waals surface area contributed by atoms with Gasteiger partial charge in [0.05, 0.1) is 6.54 Å². The zero-order chi connectivity index (χ0) is 20.4. The molecule has 1 aromatic carbocycles. The highest BCUT2D eigenvalue weighted by molar-refractivity contribution is 5.87. The van der Waals surface area contributed by atoms with Gasteiger partial charge in [-0.25, -0.2) is 27.5 Å².